The van der Waals surface area contributed by atoms with E-state index in [0.29, 0.717) is 13.2 Å². The first kappa shape index (κ1) is 16.0. The Morgan fingerprint density at radius 1 is 1.29 bits per heavy atom. The van der Waals surface area contributed by atoms with E-state index < -0.39 is 5.54 Å². The standard InChI is InChI=1S/C17H25NO3/c1-3-18-17(16(19)20-2,14-9-5-4-6-10-14)13-21-15-11-7-8-12-15/h4-6,9-10,15,18H,3,7-8,11-13H2,1-2H3. The highest BCUT2D eigenvalue weighted by molar-refractivity contribution is 5.82. The lowest BCUT2D eigenvalue weighted by molar-refractivity contribution is -0.153. The Hall–Kier alpha value is -1.39. The summed E-state index contributed by atoms with van der Waals surface area (Å²) in [5.41, 5.74) is -0.0374. The third kappa shape index (κ3) is 3.63. The highest BCUT2D eigenvalue weighted by Gasteiger charge is 2.42. The van der Waals surface area contributed by atoms with Crippen molar-refractivity contribution < 1.29 is 14.3 Å². The van der Waals surface area contributed by atoms with Crippen molar-refractivity contribution in [1.82, 2.24) is 5.32 Å². The number of carbonyl (C=O) groups excluding carboxylic acids is 1. The highest BCUT2D eigenvalue weighted by atomic mass is 16.5. The summed E-state index contributed by atoms with van der Waals surface area (Å²) < 4.78 is 11.1. The van der Waals surface area contributed by atoms with Crippen molar-refractivity contribution in [3.05, 3.63) is 35.9 Å². The van der Waals surface area contributed by atoms with Crippen molar-refractivity contribution in [2.45, 2.75) is 44.2 Å². The molecule has 1 aliphatic carbocycles. The summed E-state index contributed by atoms with van der Waals surface area (Å²) in [7, 11) is 1.42. The topological polar surface area (TPSA) is 47.6 Å². The van der Waals surface area contributed by atoms with Crippen LogP contribution in [0.15, 0.2) is 30.3 Å². The van der Waals surface area contributed by atoms with Gasteiger partial charge in [-0.1, -0.05) is 50.1 Å². The monoisotopic (exact) mass is 291 g/mol. The second-order valence-corrected chi connectivity index (χ2v) is 5.51. The molecule has 1 N–H and O–H groups in total. The van der Waals surface area contributed by atoms with Crippen LogP contribution >= 0.6 is 0 Å². The summed E-state index contributed by atoms with van der Waals surface area (Å²) in [5.74, 6) is -0.298. The molecule has 0 radical (unpaired) electrons. The number of likely N-dealkylation sites (N-methyl/N-ethyl adjacent to an activating group) is 1. The van der Waals surface area contributed by atoms with Gasteiger partial charge in [-0.3, -0.25) is 5.32 Å². The summed E-state index contributed by atoms with van der Waals surface area (Å²) in [6.45, 7) is 2.95. The lowest BCUT2D eigenvalue weighted by Crippen LogP contribution is -2.53. The van der Waals surface area contributed by atoms with Gasteiger partial charge in [-0.25, -0.2) is 4.79 Å². The van der Waals surface area contributed by atoms with Gasteiger partial charge >= 0.3 is 5.97 Å². The number of methoxy groups -OCH3 is 1. The summed E-state index contributed by atoms with van der Waals surface area (Å²) in [5, 5.41) is 3.29. The number of hydrogen-bond acceptors (Lipinski definition) is 4. The number of carbonyl (C=O) groups is 1. The van der Waals surface area contributed by atoms with E-state index in [1.165, 1.54) is 20.0 Å². The molecule has 0 bridgehead atoms. The first-order chi connectivity index (χ1) is 10.2. The Bertz CT molecular complexity index is 443. The molecule has 0 aliphatic heterocycles. The summed E-state index contributed by atoms with van der Waals surface area (Å²) in [6.07, 6.45) is 4.85. The molecule has 2 rings (SSSR count). The number of ether oxygens (including phenoxy) is 2. The van der Waals surface area contributed by atoms with Crippen LogP contribution in [0.2, 0.25) is 0 Å². The second-order valence-electron chi connectivity index (χ2n) is 5.51. The van der Waals surface area contributed by atoms with Gasteiger partial charge in [0.2, 0.25) is 0 Å². The number of benzene rings is 1. The van der Waals surface area contributed by atoms with Crippen molar-refractivity contribution in [3.63, 3.8) is 0 Å². The van der Waals surface area contributed by atoms with Crippen molar-refractivity contribution in [2.24, 2.45) is 0 Å². The number of nitrogens with one attached hydrogen (secondary N) is 1. The van der Waals surface area contributed by atoms with E-state index in [1.807, 2.05) is 37.3 Å². The van der Waals surface area contributed by atoms with Crippen LogP contribution < -0.4 is 5.32 Å². The Balaban J connectivity index is 2.24. The molecule has 0 spiro atoms. The largest absolute Gasteiger partial charge is 0.467 e. The maximum atomic E-state index is 12.5. The van der Waals surface area contributed by atoms with Gasteiger partial charge < -0.3 is 9.47 Å². The lowest BCUT2D eigenvalue weighted by Gasteiger charge is -2.33. The highest BCUT2D eigenvalue weighted by Crippen LogP contribution is 2.27. The Kier molecular flexibility index (Phi) is 5.76. The van der Waals surface area contributed by atoms with E-state index in [9.17, 15) is 4.79 Å². The third-order valence-corrected chi connectivity index (χ3v) is 4.12. The van der Waals surface area contributed by atoms with E-state index in [-0.39, 0.29) is 12.1 Å². The van der Waals surface area contributed by atoms with E-state index in [2.05, 4.69) is 5.32 Å². The molecule has 1 saturated carbocycles. The SMILES string of the molecule is CCNC(COC1CCCC1)(C(=O)OC)c1ccccc1. The number of rotatable bonds is 7. The molecule has 0 amide bonds. The fourth-order valence-electron chi connectivity index (χ4n) is 2.98. The molecule has 1 aromatic rings. The van der Waals surface area contributed by atoms with Crippen LogP contribution in [0.5, 0.6) is 0 Å². The molecular formula is C17H25NO3. The van der Waals surface area contributed by atoms with Gasteiger partial charge in [-0.2, -0.15) is 0 Å². The number of hydrogen-bond donors (Lipinski definition) is 1. The smallest absolute Gasteiger partial charge is 0.333 e. The maximum Gasteiger partial charge on any atom is 0.333 e. The molecule has 21 heavy (non-hydrogen) atoms. The predicted octanol–water partition coefficient (Wildman–Crippen LogP) is 2.62. The van der Waals surface area contributed by atoms with E-state index in [0.717, 1.165) is 18.4 Å². The Labute approximate surface area is 126 Å². The second kappa shape index (κ2) is 7.57. The average Bonchev–Trinajstić information content (AvgIpc) is 3.05. The molecule has 1 fully saturated rings. The zero-order valence-electron chi connectivity index (χ0n) is 12.9. The first-order valence-electron chi connectivity index (χ1n) is 7.73. The Morgan fingerprint density at radius 3 is 2.52 bits per heavy atom. The van der Waals surface area contributed by atoms with Crippen LogP contribution in [-0.2, 0) is 19.8 Å². The van der Waals surface area contributed by atoms with Gasteiger partial charge in [0.1, 0.15) is 0 Å². The van der Waals surface area contributed by atoms with E-state index >= 15 is 0 Å². The number of esters is 1. The van der Waals surface area contributed by atoms with Crippen LogP contribution in [-0.4, -0.2) is 32.3 Å². The maximum absolute atomic E-state index is 12.5. The van der Waals surface area contributed by atoms with Crippen LogP contribution in [0.4, 0.5) is 0 Å². The van der Waals surface area contributed by atoms with Gasteiger partial charge in [0, 0.05) is 0 Å². The van der Waals surface area contributed by atoms with Gasteiger partial charge in [-0.05, 0) is 24.9 Å². The van der Waals surface area contributed by atoms with Crippen molar-refractivity contribution in [2.75, 3.05) is 20.3 Å². The zero-order chi connectivity index (χ0) is 15.1. The predicted molar refractivity (Wildman–Crippen MR) is 82.0 cm³/mol. The van der Waals surface area contributed by atoms with Crippen molar-refractivity contribution >= 4 is 5.97 Å². The molecule has 1 atom stereocenters. The van der Waals surface area contributed by atoms with Crippen LogP contribution in [0, 0.1) is 0 Å². The quantitative estimate of drug-likeness (QED) is 0.785. The summed E-state index contributed by atoms with van der Waals surface area (Å²) in [6, 6.07) is 9.68. The van der Waals surface area contributed by atoms with Gasteiger partial charge in [0.15, 0.2) is 5.54 Å². The minimum Gasteiger partial charge on any atom is -0.467 e. The minimum atomic E-state index is -0.923. The normalized spacial score (nSPS) is 18.4. The molecule has 4 heteroatoms. The molecule has 1 unspecified atom stereocenters. The lowest BCUT2D eigenvalue weighted by atomic mass is 9.90. The Morgan fingerprint density at radius 2 is 1.95 bits per heavy atom. The van der Waals surface area contributed by atoms with E-state index in [4.69, 9.17) is 9.47 Å². The fourth-order valence-corrected chi connectivity index (χ4v) is 2.98. The van der Waals surface area contributed by atoms with Crippen molar-refractivity contribution in [3.8, 4) is 0 Å². The van der Waals surface area contributed by atoms with Gasteiger partial charge in [0.05, 0.1) is 19.8 Å². The minimum absolute atomic E-state index is 0.261. The summed E-state index contributed by atoms with van der Waals surface area (Å²) in [4.78, 5) is 12.5. The molecule has 0 aromatic heterocycles. The van der Waals surface area contributed by atoms with Gasteiger partial charge in [-0.15, -0.1) is 0 Å². The fraction of sp³-hybridized carbons (Fsp3) is 0.588. The third-order valence-electron chi connectivity index (χ3n) is 4.12. The molecule has 1 aliphatic rings. The van der Waals surface area contributed by atoms with Gasteiger partial charge in [0.25, 0.3) is 0 Å². The van der Waals surface area contributed by atoms with E-state index in [1.54, 1.807) is 0 Å². The molecule has 0 heterocycles. The van der Waals surface area contributed by atoms with Crippen molar-refractivity contribution in [1.29, 1.82) is 0 Å². The van der Waals surface area contributed by atoms with Crippen LogP contribution in [0.25, 0.3) is 0 Å². The van der Waals surface area contributed by atoms with Crippen LogP contribution in [0.1, 0.15) is 38.2 Å². The molecule has 4 nitrogen and oxygen atoms in total. The molecule has 116 valence electrons. The van der Waals surface area contributed by atoms with Crippen LogP contribution in [0.3, 0.4) is 0 Å². The first-order valence-corrected chi connectivity index (χ1v) is 7.73. The zero-order valence-corrected chi connectivity index (χ0v) is 12.9. The average molecular weight is 291 g/mol. The molecular weight excluding hydrogens is 266 g/mol. The summed E-state index contributed by atoms with van der Waals surface area (Å²) >= 11 is 0. The molecule has 0 saturated heterocycles. The molecule has 1 aromatic carbocycles.